The van der Waals surface area contributed by atoms with Gasteiger partial charge in [-0.1, -0.05) is 18.2 Å². The Balaban J connectivity index is 0.694. The van der Waals surface area contributed by atoms with Gasteiger partial charge in [-0.2, -0.15) is 9.49 Å². The van der Waals surface area contributed by atoms with Gasteiger partial charge in [-0.3, -0.25) is 38.4 Å². The first-order valence-corrected chi connectivity index (χ1v) is 22.4. The number of morpholine rings is 1. The predicted octanol–water partition coefficient (Wildman–Crippen LogP) is 4.93. The molecule has 10 rings (SSSR count). The van der Waals surface area contributed by atoms with Crippen molar-refractivity contribution in [2.45, 2.75) is 69.1 Å². The summed E-state index contributed by atoms with van der Waals surface area (Å²) in [5, 5.41) is 20.1. The molecule has 16 nitrogen and oxygen atoms in total. The summed E-state index contributed by atoms with van der Waals surface area (Å²) in [5.74, 6) is -7.16. The van der Waals surface area contributed by atoms with Crippen LogP contribution >= 0.6 is 0 Å². The van der Waals surface area contributed by atoms with Gasteiger partial charge < -0.3 is 20.1 Å². The number of aromatic nitrogens is 6. The monoisotopic (exact) mass is 906 g/mol. The van der Waals surface area contributed by atoms with Gasteiger partial charge in [0.1, 0.15) is 11.6 Å². The molecule has 1 aliphatic carbocycles. The van der Waals surface area contributed by atoms with E-state index in [0.717, 1.165) is 91.3 Å². The fourth-order valence-electron chi connectivity index (χ4n) is 10.1. The Morgan fingerprint density at radius 2 is 1.73 bits per heavy atom. The maximum atomic E-state index is 14.2. The molecule has 3 amide bonds. The fraction of sp³-hybridized carbons (Fsp3) is 0.426. The molecule has 0 unspecified atom stereocenters. The third-order valence-corrected chi connectivity index (χ3v) is 13.8. The van der Waals surface area contributed by atoms with Crippen LogP contribution in [0.1, 0.15) is 73.0 Å². The summed E-state index contributed by atoms with van der Waals surface area (Å²) in [6.07, 6.45) is 11.1. The van der Waals surface area contributed by atoms with Gasteiger partial charge in [0.15, 0.2) is 17.4 Å². The topological polar surface area (TPSA) is 182 Å². The molecule has 1 spiro atoms. The maximum absolute atomic E-state index is 14.2. The lowest BCUT2D eigenvalue weighted by Gasteiger charge is -2.53. The van der Waals surface area contributed by atoms with E-state index in [0.29, 0.717) is 43.6 Å². The lowest BCUT2D eigenvalue weighted by molar-refractivity contribution is -0.135. The molecule has 3 N–H and O–H groups in total. The van der Waals surface area contributed by atoms with E-state index in [1.54, 1.807) is 11.6 Å². The highest BCUT2D eigenvalue weighted by molar-refractivity contribution is 6.00. The number of fused-ring (bicyclic) bond motifs is 2. The van der Waals surface area contributed by atoms with Crippen LogP contribution in [0.4, 0.5) is 19.1 Å². The minimum Gasteiger partial charge on any atom is -0.503 e. The Morgan fingerprint density at radius 3 is 2.50 bits per heavy atom. The van der Waals surface area contributed by atoms with Crippen molar-refractivity contribution in [2.75, 3.05) is 50.8 Å². The molecule has 0 bridgehead atoms. The van der Waals surface area contributed by atoms with Crippen LogP contribution in [0.25, 0.3) is 33.1 Å². The van der Waals surface area contributed by atoms with Crippen molar-refractivity contribution in [3.63, 3.8) is 0 Å². The number of piperidine rings is 1. The molecule has 66 heavy (non-hydrogen) atoms. The number of carbonyl (C=O) groups is 3. The van der Waals surface area contributed by atoms with Crippen LogP contribution in [-0.4, -0.2) is 108 Å². The van der Waals surface area contributed by atoms with Crippen LogP contribution in [-0.2, 0) is 27.8 Å². The van der Waals surface area contributed by atoms with Crippen LogP contribution < -0.4 is 21.2 Å². The SMILES string of the molecule is Cn1c(=O)n([C@@H]2CCC(=O)NC2=O)c2ccc(CCCN3CCOC4(C3)CN(c3ncc(-c5ccc6cn(C7CCC(CNC(=O)c8cc(F)c(O)c(F)c8F)CC7)nc6c5)cn3)C4)cc21. The third-order valence-electron chi connectivity index (χ3n) is 13.8. The highest BCUT2D eigenvalue weighted by atomic mass is 19.2. The number of hydrogen-bond acceptors (Lipinski definition) is 11. The second kappa shape index (κ2) is 17.3. The molecule has 3 saturated heterocycles. The summed E-state index contributed by atoms with van der Waals surface area (Å²) >= 11 is 0. The van der Waals surface area contributed by atoms with E-state index in [9.17, 15) is 37.5 Å². The van der Waals surface area contributed by atoms with Gasteiger partial charge >= 0.3 is 5.69 Å². The van der Waals surface area contributed by atoms with Crippen molar-refractivity contribution >= 4 is 45.6 Å². The van der Waals surface area contributed by atoms with Gasteiger partial charge in [0.25, 0.3) is 5.91 Å². The van der Waals surface area contributed by atoms with E-state index < -0.39 is 46.6 Å². The Morgan fingerprint density at radius 1 is 0.939 bits per heavy atom. The van der Waals surface area contributed by atoms with Crippen molar-refractivity contribution in [2.24, 2.45) is 13.0 Å². The minimum absolute atomic E-state index is 0.106. The molecule has 4 aliphatic rings. The summed E-state index contributed by atoms with van der Waals surface area (Å²) in [6, 6.07) is 12.0. The molecule has 6 aromatic rings. The minimum atomic E-state index is -1.79. The third kappa shape index (κ3) is 8.18. The molecular formula is C47H49F3N10O6. The first kappa shape index (κ1) is 43.3. The molecule has 3 aliphatic heterocycles. The molecule has 4 fully saturated rings. The van der Waals surface area contributed by atoms with Crippen molar-refractivity contribution in [3.05, 3.63) is 100 Å². The number of amides is 3. The van der Waals surface area contributed by atoms with Crippen molar-refractivity contribution < 1.29 is 37.4 Å². The number of phenolic OH excluding ortho intramolecular Hbond substituents is 1. The zero-order valence-electron chi connectivity index (χ0n) is 36.3. The average Bonchev–Trinajstić information content (AvgIpc) is 3.85. The van der Waals surface area contributed by atoms with Gasteiger partial charge in [0, 0.05) is 62.6 Å². The van der Waals surface area contributed by atoms with Gasteiger partial charge in [0.2, 0.25) is 23.6 Å². The molecule has 1 saturated carbocycles. The quantitative estimate of drug-likeness (QED) is 0.119. The number of ether oxygens (including phenoxy) is 1. The maximum Gasteiger partial charge on any atom is 0.329 e. The van der Waals surface area contributed by atoms with Gasteiger partial charge in [-0.05, 0) is 92.8 Å². The number of aryl methyl sites for hydroxylation is 2. The summed E-state index contributed by atoms with van der Waals surface area (Å²) in [6.45, 7) is 4.83. The summed E-state index contributed by atoms with van der Waals surface area (Å²) < 4.78 is 53.1. The van der Waals surface area contributed by atoms with Gasteiger partial charge in [0.05, 0.1) is 47.9 Å². The summed E-state index contributed by atoms with van der Waals surface area (Å²) in [4.78, 5) is 64.0. The standard InChI is InChI=1S/C47H49F3N10O6/c1-56-38-17-27(6-11-36(38)60(46(56)65)37-12-13-39(61)54-44(37)64)3-2-14-57-15-16-66-47(24-57)25-58(26-47)45-52-21-31(22-53-45)29-7-8-30-23-59(55-35(30)18-29)32-9-4-28(5-10-32)20-51-43(63)33-19-34(48)42(62)41(50)40(33)49/h6-8,11,17-19,21-23,28,32,37,62H,2-5,9-10,12-16,20,24-26H2,1H3,(H,51,63)(H,54,61,64)/t28?,32?,37-/m1/s1. The van der Waals surface area contributed by atoms with Gasteiger partial charge in [-0.25, -0.2) is 23.5 Å². The fourth-order valence-corrected chi connectivity index (χ4v) is 10.1. The highest BCUT2D eigenvalue weighted by Gasteiger charge is 2.48. The number of imide groups is 1. The molecular weight excluding hydrogens is 858 g/mol. The molecule has 0 radical (unpaired) electrons. The second-order valence-electron chi connectivity index (χ2n) is 18.2. The first-order valence-electron chi connectivity index (χ1n) is 22.4. The van der Waals surface area contributed by atoms with E-state index in [1.165, 1.54) is 4.57 Å². The molecule has 344 valence electrons. The Kier molecular flexibility index (Phi) is 11.4. The normalized spacial score (nSPS) is 21.1. The van der Waals surface area contributed by atoms with Crippen molar-refractivity contribution in [1.82, 2.24) is 44.4 Å². The van der Waals surface area contributed by atoms with Crippen LogP contribution in [0.3, 0.4) is 0 Å². The Labute approximate surface area is 376 Å². The lowest BCUT2D eigenvalue weighted by Crippen LogP contribution is -2.70. The summed E-state index contributed by atoms with van der Waals surface area (Å²) in [7, 11) is 1.71. The first-order chi connectivity index (χ1) is 31.8. The number of anilines is 1. The largest absolute Gasteiger partial charge is 0.503 e. The smallest absolute Gasteiger partial charge is 0.329 e. The number of rotatable bonds is 11. The Bertz CT molecular complexity index is 2940. The lowest BCUT2D eigenvalue weighted by atomic mass is 9.86. The number of nitrogens with zero attached hydrogens (tertiary/aromatic N) is 8. The molecule has 3 aromatic heterocycles. The van der Waals surface area contributed by atoms with E-state index >= 15 is 0 Å². The Hall–Kier alpha value is -6.60. The van der Waals surface area contributed by atoms with Crippen LogP contribution in [0.2, 0.25) is 0 Å². The molecule has 1 atom stereocenters. The van der Waals surface area contributed by atoms with E-state index in [-0.39, 0.29) is 42.1 Å². The zero-order chi connectivity index (χ0) is 45.9. The molecule has 3 aromatic carbocycles. The van der Waals surface area contributed by atoms with Crippen LogP contribution in [0.15, 0.2) is 65.8 Å². The van der Waals surface area contributed by atoms with Crippen molar-refractivity contribution in [3.8, 4) is 16.9 Å². The highest BCUT2D eigenvalue weighted by Crippen LogP contribution is 2.35. The van der Waals surface area contributed by atoms with E-state index in [1.807, 2.05) is 59.7 Å². The van der Waals surface area contributed by atoms with E-state index in [2.05, 4.69) is 20.4 Å². The average molecular weight is 907 g/mol. The van der Waals surface area contributed by atoms with Crippen LogP contribution in [0, 0.1) is 23.4 Å². The number of aromatic hydroxyl groups is 1. The number of carbonyl (C=O) groups excluding carboxylic acids is 3. The van der Waals surface area contributed by atoms with Gasteiger partial charge in [-0.15, -0.1) is 0 Å². The zero-order valence-corrected chi connectivity index (χ0v) is 36.3. The van der Waals surface area contributed by atoms with Crippen molar-refractivity contribution in [1.29, 1.82) is 0 Å². The number of halogens is 3. The summed E-state index contributed by atoms with van der Waals surface area (Å²) in [5.41, 5.74) is 3.89. The number of hydrogen-bond donors (Lipinski definition) is 3. The van der Waals surface area contributed by atoms with E-state index in [4.69, 9.17) is 19.8 Å². The predicted molar refractivity (Wildman–Crippen MR) is 236 cm³/mol. The number of imidazole rings is 1. The molecule has 19 heteroatoms. The number of phenols is 1. The molecule has 6 heterocycles. The number of benzene rings is 3. The van der Waals surface area contributed by atoms with Crippen LogP contribution in [0.5, 0.6) is 5.75 Å². The number of nitrogens with one attached hydrogen (secondary N) is 2. The second-order valence-corrected chi connectivity index (χ2v) is 18.2.